The zero-order valence-corrected chi connectivity index (χ0v) is 59.0. The van der Waals surface area contributed by atoms with Crippen LogP contribution in [0, 0.1) is 0 Å². The van der Waals surface area contributed by atoms with Crippen LogP contribution in [0.1, 0.15) is 444 Å². The topological polar surface area (TPSA) is 95.9 Å². The maximum absolute atomic E-state index is 12.6. The van der Waals surface area contributed by atoms with Crippen molar-refractivity contribution in [1.82, 2.24) is 5.32 Å². The van der Waals surface area contributed by atoms with Crippen molar-refractivity contribution in [2.45, 2.75) is 456 Å². The third kappa shape index (κ3) is 73.0. The monoisotopic (exact) mass is 1220 g/mol. The molecule has 0 saturated heterocycles. The minimum atomic E-state index is -0.666. The number of aliphatic hydroxyl groups excluding tert-OH is 2. The van der Waals surface area contributed by atoms with E-state index >= 15 is 0 Å². The van der Waals surface area contributed by atoms with Gasteiger partial charge in [-0.05, 0) is 83.5 Å². The molecule has 0 aromatic heterocycles. The van der Waals surface area contributed by atoms with Gasteiger partial charge in [-0.3, -0.25) is 9.59 Å². The van der Waals surface area contributed by atoms with Crippen LogP contribution in [0.4, 0.5) is 0 Å². The highest BCUT2D eigenvalue weighted by Crippen LogP contribution is 2.20. The number of ether oxygens (including phenoxy) is 1. The summed E-state index contributed by atoms with van der Waals surface area (Å²) in [5.41, 5.74) is 0. The van der Waals surface area contributed by atoms with Crippen LogP contribution in [0.2, 0.25) is 0 Å². The number of nitrogens with one attached hydrogen (secondary N) is 1. The second kappa shape index (κ2) is 76.5. The lowest BCUT2D eigenvalue weighted by Crippen LogP contribution is -2.45. The lowest BCUT2D eigenvalue weighted by Gasteiger charge is -2.22. The summed E-state index contributed by atoms with van der Waals surface area (Å²) in [5, 5.41) is 23.5. The normalized spacial score (nSPS) is 12.6. The van der Waals surface area contributed by atoms with Gasteiger partial charge in [-0.15, -0.1) is 0 Å². The van der Waals surface area contributed by atoms with E-state index in [1.807, 2.05) is 0 Å². The quantitative estimate of drug-likeness (QED) is 0.0320. The molecule has 0 spiro atoms. The fourth-order valence-electron chi connectivity index (χ4n) is 12.6. The van der Waals surface area contributed by atoms with E-state index in [4.69, 9.17) is 4.74 Å². The Morgan fingerprint density at radius 3 is 0.897 bits per heavy atom. The van der Waals surface area contributed by atoms with Crippen LogP contribution >= 0.6 is 0 Å². The van der Waals surface area contributed by atoms with Gasteiger partial charge in [0.2, 0.25) is 5.91 Å². The minimum absolute atomic E-state index is 0.0100. The van der Waals surface area contributed by atoms with E-state index in [0.717, 1.165) is 51.4 Å². The zero-order valence-electron chi connectivity index (χ0n) is 59.0. The summed E-state index contributed by atoms with van der Waals surface area (Å²) in [6.45, 7) is 4.98. The van der Waals surface area contributed by atoms with Crippen molar-refractivity contribution in [2.75, 3.05) is 13.2 Å². The predicted octanol–water partition coefficient (Wildman–Crippen LogP) is 26.2. The van der Waals surface area contributed by atoms with Crippen molar-refractivity contribution in [3.05, 3.63) is 36.5 Å². The molecule has 0 fully saturated rings. The molecule has 0 saturated carbocycles. The SMILES string of the molecule is CCCCCC/C=C\C/C=C\CCCCCCCCCC(=O)OCCCCCCCCCCCCCC/C=C\CCCCCCCCCCCCCCCC(=O)NC(CO)C(O)CCCCCCCCCCCCCCCCCCCCCCCCC. The molecular weight excluding hydrogens is 1070 g/mol. The van der Waals surface area contributed by atoms with Gasteiger partial charge < -0.3 is 20.3 Å². The summed E-state index contributed by atoms with van der Waals surface area (Å²) in [4.78, 5) is 24.7. The first kappa shape index (κ1) is 85.1. The average molecular weight is 1220 g/mol. The highest BCUT2D eigenvalue weighted by molar-refractivity contribution is 5.76. The van der Waals surface area contributed by atoms with E-state index in [1.54, 1.807) is 0 Å². The summed E-state index contributed by atoms with van der Waals surface area (Å²) in [6, 6.07) is -0.543. The first-order chi connectivity index (χ1) is 43.0. The van der Waals surface area contributed by atoms with Crippen LogP contribution in [0.3, 0.4) is 0 Å². The molecule has 0 rings (SSSR count). The number of esters is 1. The Morgan fingerprint density at radius 2 is 0.575 bits per heavy atom. The molecule has 0 aliphatic rings. The lowest BCUT2D eigenvalue weighted by molar-refractivity contribution is -0.143. The fraction of sp³-hybridized carbons (Fsp3) is 0.901. The number of amides is 1. The van der Waals surface area contributed by atoms with Gasteiger partial charge in [-0.2, -0.15) is 0 Å². The molecule has 0 aromatic rings. The van der Waals surface area contributed by atoms with E-state index in [-0.39, 0.29) is 18.5 Å². The third-order valence-electron chi connectivity index (χ3n) is 18.7. The minimum Gasteiger partial charge on any atom is -0.466 e. The number of allylic oxidation sites excluding steroid dienone is 6. The van der Waals surface area contributed by atoms with Crippen molar-refractivity contribution < 1.29 is 24.5 Å². The van der Waals surface area contributed by atoms with E-state index in [1.165, 1.54) is 360 Å². The highest BCUT2D eigenvalue weighted by atomic mass is 16.5. The number of rotatable bonds is 75. The van der Waals surface area contributed by atoms with E-state index in [2.05, 4.69) is 55.6 Å². The van der Waals surface area contributed by atoms with Crippen molar-refractivity contribution in [1.29, 1.82) is 0 Å². The number of carbonyl (C=O) groups excluding carboxylic acids is 2. The molecule has 2 atom stereocenters. The molecule has 514 valence electrons. The van der Waals surface area contributed by atoms with Gasteiger partial charge in [0.05, 0.1) is 25.4 Å². The lowest BCUT2D eigenvalue weighted by atomic mass is 10.0. The fourth-order valence-corrected chi connectivity index (χ4v) is 12.6. The maximum Gasteiger partial charge on any atom is 0.305 e. The Kier molecular flexibility index (Phi) is 74.8. The summed E-state index contributed by atoms with van der Waals surface area (Å²) in [7, 11) is 0. The number of hydrogen-bond donors (Lipinski definition) is 3. The van der Waals surface area contributed by atoms with Crippen LogP contribution in [-0.4, -0.2) is 47.4 Å². The molecule has 1 amide bonds. The predicted molar refractivity (Wildman–Crippen MR) is 384 cm³/mol. The molecule has 0 aromatic carbocycles. The molecule has 0 radical (unpaired) electrons. The molecule has 87 heavy (non-hydrogen) atoms. The van der Waals surface area contributed by atoms with Crippen LogP contribution < -0.4 is 5.32 Å². The summed E-state index contributed by atoms with van der Waals surface area (Å²) in [6.07, 6.45) is 99.4. The number of aliphatic hydroxyl groups is 2. The zero-order chi connectivity index (χ0) is 62.8. The average Bonchev–Trinajstić information content (AvgIpc) is 3.53. The summed E-state index contributed by atoms with van der Waals surface area (Å²) >= 11 is 0. The Bertz CT molecular complexity index is 1410. The molecule has 0 heterocycles. The standard InChI is InChI=1S/C81H155NO5/c1-3-5-7-9-11-13-15-17-19-21-23-24-32-35-38-41-45-49-53-57-61-65-69-73-79(84)78(77-83)82-80(85)74-70-66-62-58-54-50-46-42-39-36-33-30-28-26-25-27-29-31-34-37-40-44-48-52-56-60-64-68-72-76-87-81(86)75-71-67-63-59-55-51-47-43-22-20-18-16-14-12-10-8-6-4-2/h14,16,20,22,25,27,78-79,83-84H,3-13,15,17-19,21,23-24,26,28-77H2,1-2H3,(H,82,85)/b16-14-,22-20-,27-25-. The maximum atomic E-state index is 12.6. The number of carbonyl (C=O) groups is 2. The second-order valence-electron chi connectivity index (χ2n) is 27.4. The highest BCUT2D eigenvalue weighted by Gasteiger charge is 2.20. The molecule has 0 aliphatic heterocycles. The molecule has 6 heteroatoms. The van der Waals surface area contributed by atoms with Crippen LogP contribution in [0.25, 0.3) is 0 Å². The Balaban J connectivity index is 3.37. The summed E-state index contributed by atoms with van der Waals surface area (Å²) < 4.78 is 5.51. The molecule has 3 N–H and O–H groups in total. The second-order valence-corrected chi connectivity index (χ2v) is 27.4. The Hall–Kier alpha value is -1.92. The van der Waals surface area contributed by atoms with E-state index in [9.17, 15) is 19.8 Å². The Morgan fingerprint density at radius 1 is 0.322 bits per heavy atom. The number of hydrogen-bond acceptors (Lipinski definition) is 5. The van der Waals surface area contributed by atoms with Crippen LogP contribution in [0.5, 0.6) is 0 Å². The molecule has 0 aliphatic carbocycles. The number of unbranched alkanes of at least 4 members (excludes halogenated alkanes) is 58. The Labute approximate surface area is 544 Å². The summed E-state index contributed by atoms with van der Waals surface area (Å²) in [5.74, 6) is -0.0190. The smallest absolute Gasteiger partial charge is 0.305 e. The van der Waals surface area contributed by atoms with Crippen molar-refractivity contribution in [3.8, 4) is 0 Å². The van der Waals surface area contributed by atoms with Gasteiger partial charge in [0.15, 0.2) is 0 Å². The first-order valence-electron chi connectivity index (χ1n) is 39.7. The molecular formula is C81H155NO5. The first-order valence-corrected chi connectivity index (χ1v) is 39.7. The van der Waals surface area contributed by atoms with E-state index < -0.39 is 12.1 Å². The molecule has 6 nitrogen and oxygen atoms in total. The largest absolute Gasteiger partial charge is 0.466 e. The van der Waals surface area contributed by atoms with Gasteiger partial charge in [0, 0.05) is 12.8 Å². The van der Waals surface area contributed by atoms with Crippen molar-refractivity contribution >= 4 is 11.9 Å². The van der Waals surface area contributed by atoms with Gasteiger partial charge >= 0.3 is 5.97 Å². The van der Waals surface area contributed by atoms with Crippen LogP contribution in [0.15, 0.2) is 36.5 Å². The van der Waals surface area contributed by atoms with Gasteiger partial charge in [-0.25, -0.2) is 0 Å². The van der Waals surface area contributed by atoms with Crippen molar-refractivity contribution in [3.63, 3.8) is 0 Å². The van der Waals surface area contributed by atoms with Gasteiger partial charge in [0.25, 0.3) is 0 Å². The van der Waals surface area contributed by atoms with Gasteiger partial charge in [-0.1, -0.05) is 384 Å². The van der Waals surface area contributed by atoms with E-state index in [0.29, 0.717) is 25.9 Å². The van der Waals surface area contributed by atoms with Crippen molar-refractivity contribution in [2.24, 2.45) is 0 Å². The molecule has 0 bridgehead atoms. The van der Waals surface area contributed by atoms with Crippen LogP contribution in [-0.2, 0) is 14.3 Å². The third-order valence-corrected chi connectivity index (χ3v) is 18.7. The molecule has 2 unspecified atom stereocenters. The van der Waals surface area contributed by atoms with Gasteiger partial charge in [0.1, 0.15) is 0 Å².